The highest BCUT2D eigenvalue weighted by atomic mass is 32.2. The van der Waals surface area contributed by atoms with Crippen LogP contribution in [0.3, 0.4) is 0 Å². The maximum Gasteiger partial charge on any atom is 0.338 e. The summed E-state index contributed by atoms with van der Waals surface area (Å²) in [6.45, 7) is 0.453. The van der Waals surface area contributed by atoms with Gasteiger partial charge in [-0.15, -0.1) is 0 Å². The molecule has 7 nitrogen and oxygen atoms in total. The van der Waals surface area contributed by atoms with E-state index in [0.717, 1.165) is 12.1 Å². The fraction of sp³-hybridized carbons (Fsp3) is 0.412. The molecule has 0 aliphatic carbocycles. The standard InChI is InChI=1S/C17H19F2N3O4S/c18-15-4-1-5-16(19)14(15)6-8-27(25,26)21-7-2-3-13(11-21)22-10-12(9-20-22)17(23)24/h1,4-5,9-10,13H,2-3,6-8,11H2,(H,23,24). The average Bonchev–Trinajstić information content (AvgIpc) is 3.12. The van der Waals surface area contributed by atoms with Gasteiger partial charge in [0.2, 0.25) is 10.0 Å². The third kappa shape index (κ3) is 4.33. The molecule has 1 atom stereocenters. The molecular formula is C17H19F2N3O4S. The molecule has 0 radical (unpaired) electrons. The predicted octanol–water partition coefficient (Wildman–Crippen LogP) is 2.07. The summed E-state index contributed by atoms with van der Waals surface area (Å²) in [4.78, 5) is 11.0. The highest BCUT2D eigenvalue weighted by Crippen LogP contribution is 2.24. The van der Waals surface area contributed by atoms with Gasteiger partial charge in [-0.3, -0.25) is 4.68 Å². The monoisotopic (exact) mass is 399 g/mol. The quantitative estimate of drug-likeness (QED) is 0.803. The molecule has 1 aliphatic heterocycles. The van der Waals surface area contributed by atoms with Crippen LogP contribution in [0.2, 0.25) is 0 Å². The first-order valence-electron chi connectivity index (χ1n) is 8.46. The number of sulfonamides is 1. The highest BCUT2D eigenvalue weighted by Gasteiger charge is 2.30. The Bertz CT molecular complexity index is 925. The SMILES string of the molecule is O=C(O)c1cnn(C2CCCN(S(=O)(=O)CCc3c(F)cccc3F)C2)c1. The summed E-state index contributed by atoms with van der Waals surface area (Å²) in [6.07, 6.45) is 3.58. The first-order chi connectivity index (χ1) is 12.8. The second-order valence-electron chi connectivity index (χ2n) is 6.43. The molecule has 10 heteroatoms. The van der Waals surface area contributed by atoms with Crippen molar-refractivity contribution in [3.8, 4) is 0 Å². The minimum Gasteiger partial charge on any atom is -0.478 e. The third-order valence-corrected chi connectivity index (χ3v) is 6.49. The van der Waals surface area contributed by atoms with Gasteiger partial charge in [-0.1, -0.05) is 6.07 Å². The molecule has 0 saturated carbocycles. The number of carbonyl (C=O) groups is 1. The van der Waals surface area contributed by atoms with Crippen LogP contribution < -0.4 is 0 Å². The van der Waals surface area contributed by atoms with Gasteiger partial charge in [0, 0.05) is 24.8 Å². The lowest BCUT2D eigenvalue weighted by molar-refractivity contribution is 0.0696. The molecule has 0 spiro atoms. The van der Waals surface area contributed by atoms with Crippen LogP contribution in [0.25, 0.3) is 0 Å². The predicted molar refractivity (Wildman–Crippen MR) is 92.9 cm³/mol. The molecule has 1 saturated heterocycles. The number of aromatic carboxylic acids is 1. The zero-order valence-corrected chi connectivity index (χ0v) is 15.2. The maximum absolute atomic E-state index is 13.7. The fourth-order valence-electron chi connectivity index (χ4n) is 3.17. The van der Waals surface area contributed by atoms with Crippen molar-refractivity contribution in [3.05, 3.63) is 53.4 Å². The Labute approximate surface area is 155 Å². The molecule has 27 heavy (non-hydrogen) atoms. The number of nitrogens with zero attached hydrogens (tertiary/aromatic N) is 3. The lowest BCUT2D eigenvalue weighted by Crippen LogP contribution is -2.42. The summed E-state index contributed by atoms with van der Waals surface area (Å²) >= 11 is 0. The van der Waals surface area contributed by atoms with Crippen molar-refractivity contribution < 1.29 is 27.1 Å². The van der Waals surface area contributed by atoms with E-state index in [9.17, 15) is 22.0 Å². The van der Waals surface area contributed by atoms with E-state index in [4.69, 9.17) is 5.11 Å². The Morgan fingerprint density at radius 1 is 1.30 bits per heavy atom. The molecule has 1 unspecified atom stereocenters. The van der Waals surface area contributed by atoms with Crippen LogP contribution in [-0.2, 0) is 16.4 Å². The smallest absolute Gasteiger partial charge is 0.338 e. The Hall–Kier alpha value is -2.33. The second kappa shape index (κ2) is 7.73. The number of carboxylic acid groups (broad SMARTS) is 1. The molecule has 2 aromatic rings. The van der Waals surface area contributed by atoms with Crippen molar-refractivity contribution in [2.75, 3.05) is 18.8 Å². The van der Waals surface area contributed by atoms with Crippen LogP contribution in [0.15, 0.2) is 30.6 Å². The average molecular weight is 399 g/mol. The van der Waals surface area contributed by atoms with Gasteiger partial charge < -0.3 is 5.11 Å². The molecular weight excluding hydrogens is 380 g/mol. The van der Waals surface area contributed by atoms with Crippen molar-refractivity contribution in [3.63, 3.8) is 0 Å². The number of benzene rings is 1. The van der Waals surface area contributed by atoms with Crippen molar-refractivity contribution in [1.29, 1.82) is 0 Å². The van der Waals surface area contributed by atoms with Crippen LogP contribution in [0.1, 0.15) is 34.8 Å². The summed E-state index contributed by atoms with van der Waals surface area (Å²) < 4.78 is 55.4. The molecule has 2 heterocycles. The van der Waals surface area contributed by atoms with E-state index in [2.05, 4.69) is 5.10 Å². The number of hydrogen-bond donors (Lipinski definition) is 1. The summed E-state index contributed by atoms with van der Waals surface area (Å²) in [5.41, 5.74) is -0.210. The lowest BCUT2D eigenvalue weighted by Gasteiger charge is -2.32. The molecule has 1 aromatic carbocycles. The van der Waals surface area contributed by atoms with E-state index < -0.39 is 33.4 Å². The first kappa shape index (κ1) is 19.4. The van der Waals surface area contributed by atoms with Gasteiger partial charge in [0.25, 0.3) is 0 Å². The van der Waals surface area contributed by atoms with Crippen molar-refractivity contribution in [2.24, 2.45) is 0 Å². The highest BCUT2D eigenvalue weighted by molar-refractivity contribution is 7.89. The fourth-order valence-corrected chi connectivity index (χ4v) is 4.70. The molecule has 1 aromatic heterocycles. The summed E-state index contributed by atoms with van der Waals surface area (Å²) in [5, 5.41) is 13.0. The van der Waals surface area contributed by atoms with Gasteiger partial charge in [0.15, 0.2) is 0 Å². The Morgan fingerprint density at radius 3 is 2.63 bits per heavy atom. The van der Waals surface area contributed by atoms with Gasteiger partial charge >= 0.3 is 5.97 Å². The normalized spacial score (nSPS) is 18.5. The molecule has 146 valence electrons. The Balaban J connectivity index is 1.69. The summed E-state index contributed by atoms with van der Waals surface area (Å²) in [7, 11) is -3.72. The van der Waals surface area contributed by atoms with Crippen LogP contribution in [0.4, 0.5) is 8.78 Å². The summed E-state index contributed by atoms with van der Waals surface area (Å²) in [5.74, 6) is -3.04. The largest absolute Gasteiger partial charge is 0.478 e. The number of hydrogen-bond acceptors (Lipinski definition) is 4. The zero-order valence-electron chi connectivity index (χ0n) is 14.4. The summed E-state index contributed by atoms with van der Waals surface area (Å²) in [6, 6.07) is 3.14. The number of carboxylic acids is 1. The van der Waals surface area contributed by atoms with E-state index in [-0.39, 0.29) is 30.1 Å². The zero-order chi connectivity index (χ0) is 19.6. The molecule has 0 amide bonds. The molecule has 3 rings (SSSR count). The Kier molecular flexibility index (Phi) is 5.56. The lowest BCUT2D eigenvalue weighted by atomic mass is 10.1. The van der Waals surface area contributed by atoms with Crippen LogP contribution in [0, 0.1) is 11.6 Å². The van der Waals surface area contributed by atoms with E-state index in [1.807, 2.05) is 0 Å². The maximum atomic E-state index is 13.7. The van der Waals surface area contributed by atoms with Gasteiger partial charge in [0.05, 0.1) is 23.6 Å². The van der Waals surface area contributed by atoms with Crippen molar-refractivity contribution in [1.82, 2.24) is 14.1 Å². The number of piperidine rings is 1. The molecule has 1 aliphatic rings. The number of rotatable bonds is 6. The molecule has 0 bridgehead atoms. The number of halogens is 2. The third-order valence-electron chi connectivity index (χ3n) is 4.65. The van der Waals surface area contributed by atoms with Crippen molar-refractivity contribution >= 4 is 16.0 Å². The van der Waals surface area contributed by atoms with Gasteiger partial charge in [-0.2, -0.15) is 9.40 Å². The Morgan fingerprint density at radius 2 is 2.00 bits per heavy atom. The van der Waals surface area contributed by atoms with Crippen LogP contribution in [0.5, 0.6) is 0 Å². The topological polar surface area (TPSA) is 92.5 Å². The second-order valence-corrected chi connectivity index (χ2v) is 8.52. The van der Waals surface area contributed by atoms with Gasteiger partial charge in [-0.25, -0.2) is 22.0 Å². The molecule has 1 fully saturated rings. The van der Waals surface area contributed by atoms with E-state index in [0.29, 0.717) is 19.4 Å². The molecule has 1 N–H and O–H groups in total. The number of aromatic nitrogens is 2. The van der Waals surface area contributed by atoms with Crippen molar-refractivity contribution in [2.45, 2.75) is 25.3 Å². The minimum absolute atomic E-state index is 0.0324. The van der Waals surface area contributed by atoms with Gasteiger partial charge in [-0.05, 0) is 31.4 Å². The van der Waals surface area contributed by atoms with E-state index in [1.54, 1.807) is 0 Å². The minimum atomic E-state index is -3.72. The van der Waals surface area contributed by atoms with E-state index in [1.165, 1.54) is 27.4 Å². The van der Waals surface area contributed by atoms with E-state index >= 15 is 0 Å². The van der Waals surface area contributed by atoms with Crippen LogP contribution >= 0.6 is 0 Å². The van der Waals surface area contributed by atoms with Gasteiger partial charge in [0.1, 0.15) is 11.6 Å². The first-order valence-corrected chi connectivity index (χ1v) is 10.1. The van der Waals surface area contributed by atoms with Crippen LogP contribution in [-0.4, -0.2) is 52.4 Å².